The Hall–Kier alpha value is -1.10. The Labute approximate surface area is 109 Å². The summed E-state index contributed by atoms with van der Waals surface area (Å²) >= 11 is 0. The fourth-order valence-electron chi connectivity index (χ4n) is 2.14. The second-order valence-electron chi connectivity index (χ2n) is 4.99. The topological polar surface area (TPSA) is 70.2 Å². The van der Waals surface area contributed by atoms with E-state index in [-0.39, 0.29) is 30.7 Å². The molecular weight excluding hydrogens is 230 g/mol. The second kappa shape index (κ2) is 8.08. The first-order chi connectivity index (χ1) is 8.61. The lowest BCUT2D eigenvalue weighted by Crippen LogP contribution is -2.46. The molecule has 1 heterocycles. The molecule has 18 heavy (non-hydrogen) atoms. The fraction of sp³-hybridized carbons (Fsp3) is 0.846. The summed E-state index contributed by atoms with van der Waals surface area (Å²) in [6.07, 6.45) is 3.43. The van der Waals surface area contributed by atoms with E-state index in [1.54, 1.807) is 0 Å². The van der Waals surface area contributed by atoms with Gasteiger partial charge in [-0.1, -0.05) is 6.92 Å². The standard InChI is InChI=1S/C13H25N3O2/c1-3-7-15-12(17)4-5-13(18)16-11-6-8-14-10(2)9-11/h10-11,14H,3-9H2,1-2H3,(H,15,17)(H,16,18). The first kappa shape index (κ1) is 15.0. The van der Waals surface area contributed by atoms with Crippen molar-refractivity contribution in [1.82, 2.24) is 16.0 Å². The van der Waals surface area contributed by atoms with Gasteiger partial charge in [0, 0.05) is 31.5 Å². The highest BCUT2D eigenvalue weighted by molar-refractivity contribution is 5.83. The van der Waals surface area contributed by atoms with Gasteiger partial charge in [0.15, 0.2) is 0 Å². The maximum atomic E-state index is 11.7. The highest BCUT2D eigenvalue weighted by Crippen LogP contribution is 2.08. The summed E-state index contributed by atoms with van der Waals surface area (Å²) in [4.78, 5) is 23.0. The Balaban J connectivity index is 2.15. The maximum absolute atomic E-state index is 11.7. The molecule has 2 amide bonds. The largest absolute Gasteiger partial charge is 0.356 e. The first-order valence-corrected chi connectivity index (χ1v) is 6.91. The smallest absolute Gasteiger partial charge is 0.220 e. The number of piperidine rings is 1. The number of carbonyl (C=O) groups is 2. The molecule has 0 aromatic carbocycles. The molecule has 2 unspecified atom stereocenters. The van der Waals surface area contributed by atoms with Crippen molar-refractivity contribution in [3.8, 4) is 0 Å². The first-order valence-electron chi connectivity index (χ1n) is 6.91. The van der Waals surface area contributed by atoms with Crippen molar-refractivity contribution in [2.45, 2.75) is 58.0 Å². The van der Waals surface area contributed by atoms with Crippen LogP contribution in [0.4, 0.5) is 0 Å². The zero-order valence-electron chi connectivity index (χ0n) is 11.4. The molecule has 0 aromatic rings. The van der Waals surface area contributed by atoms with Gasteiger partial charge < -0.3 is 16.0 Å². The van der Waals surface area contributed by atoms with Crippen LogP contribution in [0, 0.1) is 0 Å². The number of amides is 2. The molecule has 2 atom stereocenters. The molecule has 0 radical (unpaired) electrons. The van der Waals surface area contributed by atoms with Crippen molar-refractivity contribution in [1.29, 1.82) is 0 Å². The zero-order chi connectivity index (χ0) is 13.4. The Morgan fingerprint density at radius 1 is 1.28 bits per heavy atom. The van der Waals surface area contributed by atoms with Crippen molar-refractivity contribution >= 4 is 11.8 Å². The van der Waals surface area contributed by atoms with E-state index in [1.165, 1.54) is 0 Å². The zero-order valence-corrected chi connectivity index (χ0v) is 11.4. The third-order valence-electron chi connectivity index (χ3n) is 3.14. The summed E-state index contributed by atoms with van der Waals surface area (Å²) in [6.45, 7) is 5.76. The van der Waals surface area contributed by atoms with Crippen LogP contribution in [0.5, 0.6) is 0 Å². The summed E-state index contributed by atoms with van der Waals surface area (Å²) in [7, 11) is 0. The van der Waals surface area contributed by atoms with E-state index in [1.807, 2.05) is 6.92 Å². The molecule has 1 aliphatic rings. The normalized spacial score (nSPS) is 23.4. The van der Waals surface area contributed by atoms with Crippen LogP contribution >= 0.6 is 0 Å². The minimum absolute atomic E-state index is 0.0132. The molecule has 1 aliphatic heterocycles. The van der Waals surface area contributed by atoms with Crippen LogP contribution in [0.2, 0.25) is 0 Å². The molecule has 104 valence electrons. The summed E-state index contributed by atoms with van der Waals surface area (Å²) in [5, 5.41) is 9.11. The lowest BCUT2D eigenvalue weighted by molar-refractivity contribution is -0.126. The Morgan fingerprint density at radius 3 is 2.67 bits per heavy atom. The molecular formula is C13H25N3O2. The van der Waals surface area contributed by atoms with Crippen LogP contribution in [0.1, 0.15) is 46.0 Å². The van der Waals surface area contributed by atoms with Gasteiger partial charge in [-0.05, 0) is 32.7 Å². The van der Waals surface area contributed by atoms with E-state index in [0.29, 0.717) is 12.6 Å². The van der Waals surface area contributed by atoms with Gasteiger partial charge in [-0.15, -0.1) is 0 Å². The van der Waals surface area contributed by atoms with Crippen LogP contribution in [-0.4, -0.2) is 37.0 Å². The molecule has 5 heteroatoms. The molecule has 1 fully saturated rings. The van der Waals surface area contributed by atoms with Crippen molar-refractivity contribution in [2.24, 2.45) is 0 Å². The van der Waals surface area contributed by atoms with E-state index in [0.717, 1.165) is 25.8 Å². The quantitative estimate of drug-likeness (QED) is 0.649. The van der Waals surface area contributed by atoms with Gasteiger partial charge in [0.1, 0.15) is 0 Å². The van der Waals surface area contributed by atoms with Crippen molar-refractivity contribution in [2.75, 3.05) is 13.1 Å². The Morgan fingerprint density at radius 2 is 2.00 bits per heavy atom. The van der Waals surface area contributed by atoms with Gasteiger partial charge in [-0.2, -0.15) is 0 Å². The van der Waals surface area contributed by atoms with E-state index in [9.17, 15) is 9.59 Å². The van der Waals surface area contributed by atoms with Gasteiger partial charge in [0.05, 0.1) is 0 Å². The van der Waals surface area contributed by atoms with Crippen LogP contribution in [0.25, 0.3) is 0 Å². The van der Waals surface area contributed by atoms with E-state index >= 15 is 0 Å². The number of rotatable bonds is 6. The molecule has 1 saturated heterocycles. The van der Waals surface area contributed by atoms with Gasteiger partial charge in [-0.25, -0.2) is 0 Å². The molecule has 0 aliphatic carbocycles. The van der Waals surface area contributed by atoms with Gasteiger partial charge in [-0.3, -0.25) is 9.59 Å². The third kappa shape index (κ3) is 6.00. The Kier molecular flexibility index (Phi) is 6.72. The SMILES string of the molecule is CCCNC(=O)CCC(=O)NC1CCNC(C)C1. The molecule has 0 aromatic heterocycles. The molecule has 0 saturated carbocycles. The Bertz CT molecular complexity index is 281. The summed E-state index contributed by atoms with van der Waals surface area (Å²) in [6, 6.07) is 0.712. The predicted octanol–water partition coefficient (Wildman–Crippen LogP) is 0.550. The minimum Gasteiger partial charge on any atom is -0.356 e. The minimum atomic E-state index is -0.0364. The van der Waals surface area contributed by atoms with Crippen LogP contribution in [0.3, 0.4) is 0 Å². The average molecular weight is 255 g/mol. The van der Waals surface area contributed by atoms with E-state index in [4.69, 9.17) is 0 Å². The van der Waals surface area contributed by atoms with Gasteiger partial charge in [0.2, 0.25) is 11.8 Å². The summed E-state index contributed by atoms with van der Waals surface area (Å²) < 4.78 is 0. The number of hydrogen-bond donors (Lipinski definition) is 3. The van der Waals surface area contributed by atoms with Gasteiger partial charge >= 0.3 is 0 Å². The molecule has 5 nitrogen and oxygen atoms in total. The molecule has 1 rings (SSSR count). The van der Waals surface area contributed by atoms with Crippen LogP contribution in [-0.2, 0) is 9.59 Å². The molecule has 3 N–H and O–H groups in total. The third-order valence-corrected chi connectivity index (χ3v) is 3.14. The second-order valence-corrected chi connectivity index (χ2v) is 4.99. The lowest BCUT2D eigenvalue weighted by atomic mass is 10.0. The molecule has 0 spiro atoms. The van der Waals surface area contributed by atoms with Crippen molar-refractivity contribution in [3.63, 3.8) is 0 Å². The van der Waals surface area contributed by atoms with Crippen molar-refractivity contribution < 1.29 is 9.59 Å². The number of nitrogens with one attached hydrogen (secondary N) is 3. The average Bonchev–Trinajstić information content (AvgIpc) is 2.34. The summed E-state index contributed by atoms with van der Waals surface area (Å²) in [5.74, 6) is -0.0496. The summed E-state index contributed by atoms with van der Waals surface area (Å²) in [5.41, 5.74) is 0. The highest BCUT2D eigenvalue weighted by Gasteiger charge is 2.19. The van der Waals surface area contributed by atoms with Crippen molar-refractivity contribution in [3.05, 3.63) is 0 Å². The van der Waals surface area contributed by atoms with Crippen LogP contribution in [0.15, 0.2) is 0 Å². The predicted molar refractivity (Wildman–Crippen MR) is 71.2 cm³/mol. The maximum Gasteiger partial charge on any atom is 0.220 e. The fourth-order valence-corrected chi connectivity index (χ4v) is 2.14. The lowest BCUT2D eigenvalue weighted by Gasteiger charge is -2.28. The highest BCUT2D eigenvalue weighted by atomic mass is 16.2. The number of hydrogen-bond acceptors (Lipinski definition) is 3. The van der Waals surface area contributed by atoms with Crippen LogP contribution < -0.4 is 16.0 Å². The van der Waals surface area contributed by atoms with E-state index in [2.05, 4.69) is 22.9 Å². The van der Waals surface area contributed by atoms with Gasteiger partial charge in [0.25, 0.3) is 0 Å². The molecule has 0 bridgehead atoms. The monoisotopic (exact) mass is 255 g/mol. The number of carbonyl (C=O) groups excluding carboxylic acids is 2. The van der Waals surface area contributed by atoms with E-state index < -0.39 is 0 Å².